The Bertz CT molecular complexity index is 2100. The number of halogens is 4. The zero-order valence-corrected chi connectivity index (χ0v) is 47.9. The van der Waals surface area contributed by atoms with Crippen LogP contribution in [0.4, 0.5) is 17.6 Å². The highest BCUT2D eigenvalue weighted by atomic mass is 19.3. The molecule has 0 aromatic rings. The molecule has 16 bridgehead atoms. The van der Waals surface area contributed by atoms with Crippen molar-refractivity contribution < 1.29 is 84.3 Å². The summed E-state index contributed by atoms with van der Waals surface area (Å²) in [5.74, 6) is -4.70. The summed E-state index contributed by atoms with van der Waals surface area (Å²) in [5.41, 5.74) is -8.66. The molecule has 0 heterocycles. The number of carbonyl (C=O) groups is 7. The number of alkyl halides is 4. The maximum Gasteiger partial charge on any atom is 0.318 e. The topological polar surface area (TPSA) is 184 Å². The lowest BCUT2D eigenvalue weighted by Crippen LogP contribution is -2.53. The van der Waals surface area contributed by atoms with Gasteiger partial charge in [-0.1, -0.05) is 0 Å². The summed E-state index contributed by atoms with van der Waals surface area (Å²) in [6.07, 6.45) is 15.6. The van der Waals surface area contributed by atoms with Crippen LogP contribution < -0.4 is 0 Å². The molecule has 0 amide bonds. The van der Waals surface area contributed by atoms with Crippen LogP contribution in [0.1, 0.15) is 181 Å². The molecule has 0 N–H and O–H groups in total. The number of esters is 7. The van der Waals surface area contributed by atoms with Crippen LogP contribution in [0.3, 0.4) is 0 Å². The minimum absolute atomic E-state index is 0.412. The van der Waals surface area contributed by atoms with Gasteiger partial charge in [0, 0.05) is 0 Å². The van der Waals surface area contributed by atoms with Gasteiger partial charge in [0.25, 0.3) is 0 Å². The van der Waals surface area contributed by atoms with E-state index >= 15 is 0 Å². The minimum Gasteiger partial charge on any atom is -0.465 e. The highest BCUT2D eigenvalue weighted by Gasteiger charge is 2.61. The van der Waals surface area contributed by atoms with E-state index in [1.165, 1.54) is 20.8 Å². The first kappa shape index (κ1) is 57.4. The summed E-state index contributed by atoms with van der Waals surface area (Å²) in [6, 6.07) is 0. The van der Waals surface area contributed by atoms with Gasteiger partial charge in [0.2, 0.25) is 0 Å². The molecule has 16 aliphatic carbocycles. The Balaban J connectivity index is 0.770. The maximum absolute atomic E-state index is 14.8. The van der Waals surface area contributed by atoms with Gasteiger partial charge in [0.15, 0.2) is 0 Å². The maximum atomic E-state index is 14.8. The van der Waals surface area contributed by atoms with Crippen molar-refractivity contribution in [3.05, 3.63) is 0 Å². The second-order valence-electron chi connectivity index (χ2n) is 30.9. The van der Waals surface area contributed by atoms with Gasteiger partial charge in [0.05, 0.1) is 34.7 Å². The molecule has 0 spiro atoms. The predicted octanol–water partition coefficient (Wildman–Crippen LogP) is 11.0. The van der Waals surface area contributed by atoms with Crippen LogP contribution >= 0.6 is 0 Å². The first-order valence-corrected chi connectivity index (χ1v) is 31.1. The van der Waals surface area contributed by atoms with E-state index in [2.05, 4.69) is 0 Å². The zero-order chi connectivity index (χ0) is 57.1. The fourth-order valence-corrected chi connectivity index (χ4v) is 20.8. The molecule has 0 saturated heterocycles. The Morgan fingerprint density at radius 3 is 0.728 bits per heavy atom. The lowest BCUT2D eigenvalue weighted by molar-refractivity contribution is -0.191. The molecular weight excluding hydrogens is 1060 g/mol. The van der Waals surface area contributed by atoms with Gasteiger partial charge < -0.3 is 33.2 Å². The van der Waals surface area contributed by atoms with Crippen molar-refractivity contribution in [2.24, 2.45) is 109 Å². The standard InChI is InChI=1S/C63H86F4O14/c1-56(49(68)75-5-4-63(66,67)48(64)65,30-76-50(69)57(2,32-78-52(71)59-18-36-6-37(19-59)8-38(7-36)20-59)33-79-53(72)60-21-39-9-40(22-60)11-41(10-39)23-60)31-77-51(70)58(3,34-80-54(73)61-24-42-12-43(25-61)14-44(13-42)26-61)35-81-55(74)62-27-45-15-46(28-62)17-47(16-45)29-62/h36-48H,4-35H2,1-3H3. The smallest absolute Gasteiger partial charge is 0.318 e. The van der Waals surface area contributed by atoms with Crippen LogP contribution in [0.25, 0.3) is 0 Å². The van der Waals surface area contributed by atoms with E-state index in [4.69, 9.17) is 33.2 Å². The molecule has 0 atom stereocenters. The highest BCUT2D eigenvalue weighted by molar-refractivity contribution is 5.84. The minimum atomic E-state index is -4.51. The third-order valence-corrected chi connectivity index (χ3v) is 23.5. The summed E-state index contributed by atoms with van der Waals surface area (Å²) in [7, 11) is 0. The number of ether oxygens (including phenoxy) is 7. The third-order valence-electron chi connectivity index (χ3n) is 23.5. The van der Waals surface area contributed by atoms with Crippen molar-refractivity contribution in [3.8, 4) is 0 Å². The summed E-state index contributed by atoms with van der Waals surface area (Å²) in [5, 5.41) is 0. The first-order valence-electron chi connectivity index (χ1n) is 31.1. The quantitative estimate of drug-likeness (QED) is 0.0535. The van der Waals surface area contributed by atoms with Gasteiger partial charge in [0.1, 0.15) is 55.9 Å². The highest BCUT2D eigenvalue weighted by Crippen LogP contribution is 2.64. The second kappa shape index (κ2) is 20.9. The van der Waals surface area contributed by atoms with Gasteiger partial charge >= 0.3 is 54.1 Å². The van der Waals surface area contributed by atoms with Gasteiger partial charge in [-0.3, -0.25) is 33.6 Å². The molecule has 0 aromatic heterocycles. The Kier molecular flexibility index (Phi) is 14.8. The van der Waals surface area contributed by atoms with Gasteiger partial charge in [-0.2, -0.15) is 0 Å². The molecule has 0 radical (unpaired) electrons. The van der Waals surface area contributed by atoms with Crippen molar-refractivity contribution in [2.45, 2.75) is 194 Å². The molecule has 0 aromatic carbocycles. The fraction of sp³-hybridized carbons (Fsp3) is 0.889. The molecule has 16 fully saturated rings. The molecule has 18 heteroatoms. The Morgan fingerprint density at radius 2 is 0.531 bits per heavy atom. The zero-order valence-electron chi connectivity index (χ0n) is 47.9. The summed E-state index contributed by atoms with van der Waals surface area (Å²) in [6.45, 7) is -1.11. The van der Waals surface area contributed by atoms with Crippen LogP contribution in [0, 0.1) is 109 Å². The Hall–Kier alpha value is -3.99. The van der Waals surface area contributed by atoms with E-state index in [1.807, 2.05) is 0 Å². The van der Waals surface area contributed by atoms with E-state index < -0.39 is 145 Å². The van der Waals surface area contributed by atoms with E-state index in [-0.39, 0.29) is 0 Å². The second-order valence-corrected chi connectivity index (χ2v) is 30.9. The van der Waals surface area contributed by atoms with Crippen molar-refractivity contribution >= 4 is 41.8 Å². The summed E-state index contributed by atoms with van der Waals surface area (Å²) < 4.78 is 96.5. The number of rotatable bonds is 23. The van der Waals surface area contributed by atoms with Crippen LogP contribution in [0.15, 0.2) is 0 Å². The molecular formula is C63H86F4O14. The Morgan fingerprint density at radius 1 is 0.346 bits per heavy atom. The number of hydrogen-bond acceptors (Lipinski definition) is 14. The van der Waals surface area contributed by atoms with Crippen molar-refractivity contribution in [2.75, 3.05) is 46.2 Å². The number of hydrogen-bond donors (Lipinski definition) is 0. The normalized spacial score (nSPS) is 40.9. The van der Waals surface area contributed by atoms with Crippen molar-refractivity contribution in [1.82, 2.24) is 0 Å². The number of carbonyl (C=O) groups excluding carboxylic acids is 7. The fourth-order valence-electron chi connectivity index (χ4n) is 20.8. The van der Waals surface area contributed by atoms with Crippen LogP contribution in [0.5, 0.6) is 0 Å². The molecule has 0 unspecified atom stereocenters. The van der Waals surface area contributed by atoms with Crippen molar-refractivity contribution in [3.63, 3.8) is 0 Å². The molecule has 16 rings (SSSR count). The molecule has 16 saturated carbocycles. The molecule has 0 aliphatic heterocycles. The van der Waals surface area contributed by atoms with Gasteiger partial charge in [-0.15, -0.1) is 0 Å². The molecule has 450 valence electrons. The molecule has 81 heavy (non-hydrogen) atoms. The first-order chi connectivity index (χ1) is 38.3. The van der Waals surface area contributed by atoms with E-state index in [0.29, 0.717) is 148 Å². The lowest BCUT2D eigenvalue weighted by atomic mass is 9.49. The van der Waals surface area contributed by atoms with E-state index in [9.17, 15) is 51.1 Å². The predicted molar refractivity (Wildman–Crippen MR) is 279 cm³/mol. The molecule has 14 nitrogen and oxygen atoms in total. The van der Waals surface area contributed by atoms with Gasteiger partial charge in [-0.05, 0) is 246 Å². The summed E-state index contributed by atoms with van der Waals surface area (Å²) in [4.78, 5) is 101. The average Bonchev–Trinajstić information content (AvgIpc) is 3.52. The largest absolute Gasteiger partial charge is 0.465 e. The van der Waals surface area contributed by atoms with Crippen molar-refractivity contribution in [1.29, 1.82) is 0 Å². The lowest BCUT2D eigenvalue weighted by Gasteiger charge is -2.55. The monoisotopic (exact) mass is 1140 g/mol. The van der Waals surface area contributed by atoms with Gasteiger partial charge in [-0.25, -0.2) is 17.6 Å². The molecule has 16 aliphatic rings. The van der Waals surface area contributed by atoms with Crippen LogP contribution in [-0.4, -0.2) is 100 Å². The van der Waals surface area contributed by atoms with Crippen LogP contribution in [-0.2, 0) is 66.7 Å². The Labute approximate surface area is 473 Å². The van der Waals surface area contributed by atoms with Crippen LogP contribution in [0.2, 0.25) is 0 Å². The summed E-state index contributed by atoms with van der Waals surface area (Å²) >= 11 is 0. The van der Waals surface area contributed by atoms with E-state index in [0.717, 1.165) is 77.0 Å². The van der Waals surface area contributed by atoms with E-state index in [1.54, 1.807) is 0 Å². The third kappa shape index (κ3) is 10.9. The average molecular weight is 1140 g/mol. The SMILES string of the molecule is CC(COC(=O)C(C)(COC(=O)C12CC3CC(CC(C3)C1)C2)COC(=O)C12CC3CC(CC(C3)C1)C2)(COC(=O)C(C)(COC(=O)C12CC3CC(CC(C3)C1)C2)COC(=O)C12CC3CC(CC(C3)C1)C2)C(=O)OCCC(F)(F)C(F)F.